The van der Waals surface area contributed by atoms with Gasteiger partial charge in [-0.1, -0.05) is 24.8 Å². The minimum Gasteiger partial charge on any atom is -0.489 e. The zero-order valence-electron chi connectivity index (χ0n) is 13.5. The Hall–Kier alpha value is -1.28. The lowest BCUT2D eigenvalue weighted by atomic mass is 9.53. The van der Waals surface area contributed by atoms with Crippen LogP contribution in [0.15, 0.2) is 36.9 Å². The van der Waals surface area contributed by atoms with Gasteiger partial charge in [-0.2, -0.15) is 0 Å². The minimum absolute atomic E-state index is 0.542. The van der Waals surface area contributed by atoms with E-state index in [4.69, 9.17) is 4.74 Å². The molecule has 0 spiro atoms. The van der Waals surface area contributed by atoms with E-state index in [-0.39, 0.29) is 0 Å². The van der Waals surface area contributed by atoms with Crippen LogP contribution in [0.3, 0.4) is 0 Å². The van der Waals surface area contributed by atoms with Crippen LogP contribution < -0.4 is 10.1 Å². The van der Waals surface area contributed by atoms with Crippen LogP contribution in [-0.2, 0) is 6.54 Å². The SMILES string of the molecule is C=CCOc1ccccc1C[NH2+]C12CC3CC(CC(C3)C1)C2. The van der Waals surface area contributed by atoms with Gasteiger partial charge in [0, 0.05) is 24.8 Å². The summed E-state index contributed by atoms with van der Waals surface area (Å²) in [5.74, 6) is 4.10. The molecule has 0 aliphatic heterocycles. The third-order valence-corrected chi connectivity index (χ3v) is 6.17. The molecule has 0 aromatic heterocycles. The summed E-state index contributed by atoms with van der Waals surface area (Å²) in [6.45, 7) is 5.39. The van der Waals surface area contributed by atoms with E-state index >= 15 is 0 Å². The predicted molar refractivity (Wildman–Crippen MR) is 88.7 cm³/mol. The van der Waals surface area contributed by atoms with Crippen molar-refractivity contribution in [3.63, 3.8) is 0 Å². The molecular formula is C20H28NO+. The van der Waals surface area contributed by atoms with Crippen molar-refractivity contribution >= 4 is 0 Å². The Balaban J connectivity index is 1.45. The normalized spacial score (nSPS) is 35.5. The smallest absolute Gasteiger partial charge is 0.128 e. The summed E-state index contributed by atoms with van der Waals surface area (Å²) in [4.78, 5) is 0. The molecule has 22 heavy (non-hydrogen) atoms. The standard InChI is InChI=1S/C20H27NO/c1-2-7-22-19-6-4-3-5-18(19)14-21-20-11-15-8-16(12-20)10-17(9-15)13-20/h2-6,15-17,21H,1,7-14H2/p+1. The Morgan fingerprint density at radius 2 is 1.73 bits per heavy atom. The molecule has 4 aliphatic rings. The molecule has 5 rings (SSSR count). The van der Waals surface area contributed by atoms with Crippen LogP contribution in [0.5, 0.6) is 5.75 Å². The van der Waals surface area contributed by atoms with E-state index in [0.29, 0.717) is 12.1 Å². The molecule has 4 saturated carbocycles. The quantitative estimate of drug-likeness (QED) is 0.801. The lowest BCUT2D eigenvalue weighted by Gasteiger charge is -2.54. The Kier molecular flexibility index (Phi) is 3.73. The molecule has 4 aliphatic carbocycles. The van der Waals surface area contributed by atoms with E-state index in [2.05, 4.69) is 36.2 Å². The van der Waals surface area contributed by atoms with Crippen molar-refractivity contribution in [3.8, 4) is 5.75 Å². The number of benzene rings is 1. The summed E-state index contributed by atoms with van der Waals surface area (Å²) in [7, 11) is 0. The van der Waals surface area contributed by atoms with E-state index in [1.165, 1.54) is 44.1 Å². The van der Waals surface area contributed by atoms with Crippen LogP contribution in [0, 0.1) is 17.8 Å². The number of rotatable bonds is 6. The number of nitrogens with two attached hydrogens (primary N) is 1. The second-order valence-electron chi connectivity index (χ2n) is 7.90. The molecule has 2 heteroatoms. The summed E-state index contributed by atoms with van der Waals surface area (Å²) < 4.78 is 5.82. The fraction of sp³-hybridized carbons (Fsp3) is 0.600. The van der Waals surface area contributed by atoms with Gasteiger partial charge >= 0.3 is 0 Å². The molecule has 0 heterocycles. The van der Waals surface area contributed by atoms with E-state index in [1.807, 2.05) is 6.08 Å². The van der Waals surface area contributed by atoms with Crippen LogP contribution in [0.2, 0.25) is 0 Å². The lowest BCUT2D eigenvalue weighted by molar-refractivity contribution is -0.752. The van der Waals surface area contributed by atoms with E-state index in [9.17, 15) is 0 Å². The monoisotopic (exact) mass is 298 g/mol. The molecule has 4 fully saturated rings. The minimum atomic E-state index is 0.542. The van der Waals surface area contributed by atoms with E-state index in [0.717, 1.165) is 30.0 Å². The molecule has 2 N–H and O–H groups in total. The van der Waals surface area contributed by atoms with Crippen molar-refractivity contribution in [3.05, 3.63) is 42.5 Å². The number of quaternary nitrogens is 1. The maximum absolute atomic E-state index is 5.82. The Morgan fingerprint density at radius 3 is 2.36 bits per heavy atom. The van der Waals surface area contributed by atoms with Crippen molar-refractivity contribution in [1.82, 2.24) is 0 Å². The number of para-hydroxylation sites is 1. The second-order valence-corrected chi connectivity index (χ2v) is 7.90. The first-order valence-electron chi connectivity index (χ1n) is 8.92. The zero-order chi connectivity index (χ0) is 15.0. The van der Waals surface area contributed by atoms with Gasteiger partial charge < -0.3 is 10.1 Å². The third-order valence-electron chi connectivity index (χ3n) is 6.17. The van der Waals surface area contributed by atoms with E-state index in [1.54, 1.807) is 0 Å². The first-order chi connectivity index (χ1) is 10.8. The molecule has 0 unspecified atom stereocenters. The van der Waals surface area contributed by atoms with Gasteiger partial charge in [0.2, 0.25) is 0 Å². The first-order valence-corrected chi connectivity index (χ1v) is 8.92. The summed E-state index contributed by atoms with van der Waals surface area (Å²) in [5, 5.41) is 2.66. The zero-order valence-corrected chi connectivity index (χ0v) is 13.5. The molecule has 0 amide bonds. The second kappa shape index (κ2) is 5.73. The molecular weight excluding hydrogens is 270 g/mol. The van der Waals surface area contributed by atoms with Gasteiger partial charge in [0.05, 0.1) is 5.54 Å². The Bertz CT molecular complexity index is 515. The molecule has 0 saturated heterocycles. The highest BCUT2D eigenvalue weighted by Gasteiger charge is 2.53. The molecule has 1 aromatic carbocycles. The fourth-order valence-electron chi connectivity index (χ4n) is 5.72. The van der Waals surface area contributed by atoms with Gasteiger partial charge in [0.1, 0.15) is 18.9 Å². The summed E-state index contributed by atoms with van der Waals surface area (Å²) >= 11 is 0. The highest BCUT2D eigenvalue weighted by atomic mass is 16.5. The van der Waals surface area contributed by atoms with Crippen LogP contribution in [0.1, 0.15) is 44.1 Å². The number of hydrogen-bond acceptors (Lipinski definition) is 1. The third kappa shape index (κ3) is 2.69. The molecule has 0 atom stereocenters. The topological polar surface area (TPSA) is 25.8 Å². The van der Waals surface area contributed by atoms with E-state index < -0.39 is 0 Å². The number of hydrogen-bond donors (Lipinski definition) is 1. The van der Waals surface area contributed by atoms with Gasteiger partial charge in [-0.15, -0.1) is 0 Å². The van der Waals surface area contributed by atoms with Crippen molar-refractivity contribution < 1.29 is 10.1 Å². The molecule has 4 bridgehead atoms. The summed E-state index contributed by atoms with van der Waals surface area (Å²) in [6.07, 6.45) is 10.7. The van der Waals surface area contributed by atoms with Gasteiger partial charge in [-0.05, 0) is 49.1 Å². The van der Waals surface area contributed by atoms with Gasteiger partial charge in [-0.3, -0.25) is 0 Å². The Morgan fingerprint density at radius 1 is 1.09 bits per heavy atom. The molecule has 0 radical (unpaired) electrons. The lowest BCUT2D eigenvalue weighted by Crippen LogP contribution is -2.97. The average Bonchev–Trinajstić information content (AvgIpc) is 2.50. The molecule has 118 valence electrons. The van der Waals surface area contributed by atoms with Crippen LogP contribution in [-0.4, -0.2) is 12.1 Å². The Labute approximate surface area is 133 Å². The maximum atomic E-state index is 5.82. The van der Waals surface area contributed by atoms with Gasteiger partial charge in [0.25, 0.3) is 0 Å². The first kappa shape index (κ1) is 14.3. The highest BCUT2D eigenvalue weighted by molar-refractivity contribution is 5.32. The van der Waals surface area contributed by atoms with Crippen LogP contribution >= 0.6 is 0 Å². The highest BCUT2D eigenvalue weighted by Crippen LogP contribution is 2.54. The largest absolute Gasteiger partial charge is 0.489 e. The predicted octanol–water partition coefficient (Wildman–Crippen LogP) is 3.28. The molecule has 1 aromatic rings. The van der Waals surface area contributed by atoms with Gasteiger partial charge in [0.15, 0.2) is 0 Å². The molecule has 2 nitrogen and oxygen atoms in total. The summed E-state index contributed by atoms with van der Waals surface area (Å²) in [6, 6.07) is 8.50. The van der Waals surface area contributed by atoms with Crippen molar-refractivity contribution in [2.24, 2.45) is 17.8 Å². The summed E-state index contributed by atoms with van der Waals surface area (Å²) in [5.41, 5.74) is 1.88. The van der Waals surface area contributed by atoms with Crippen molar-refractivity contribution in [1.29, 1.82) is 0 Å². The average molecular weight is 298 g/mol. The van der Waals surface area contributed by atoms with Crippen molar-refractivity contribution in [2.45, 2.75) is 50.6 Å². The van der Waals surface area contributed by atoms with Gasteiger partial charge in [-0.25, -0.2) is 0 Å². The number of ether oxygens (including phenoxy) is 1. The fourth-order valence-corrected chi connectivity index (χ4v) is 5.72. The maximum Gasteiger partial charge on any atom is 0.128 e. The van der Waals surface area contributed by atoms with Crippen LogP contribution in [0.25, 0.3) is 0 Å². The van der Waals surface area contributed by atoms with Crippen LogP contribution in [0.4, 0.5) is 0 Å². The van der Waals surface area contributed by atoms with Crippen molar-refractivity contribution in [2.75, 3.05) is 6.61 Å².